The van der Waals surface area contributed by atoms with E-state index in [0.29, 0.717) is 28.5 Å². The van der Waals surface area contributed by atoms with Crippen molar-refractivity contribution in [3.63, 3.8) is 0 Å². The Labute approximate surface area is 189 Å². The molecular formula is C24H21ClN4O3. The van der Waals surface area contributed by atoms with Crippen LogP contribution in [0.2, 0.25) is 5.02 Å². The minimum Gasteiger partial charge on any atom is -0.495 e. The molecule has 2 unspecified atom stereocenters. The molecule has 1 aliphatic rings. The van der Waals surface area contributed by atoms with Crippen LogP contribution in [0.5, 0.6) is 5.75 Å². The van der Waals surface area contributed by atoms with Crippen molar-refractivity contribution in [2.45, 2.75) is 24.5 Å². The zero-order valence-corrected chi connectivity index (χ0v) is 18.1. The average Bonchev–Trinajstić information content (AvgIpc) is 3.42. The van der Waals surface area contributed by atoms with Gasteiger partial charge in [0.15, 0.2) is 0 Å². The fourth-order valence-electron chi connectivity index (χ4n) is 4.56. The molecule has 0 saturated carbocycles. The number of rotatable bonds is 4. The Morgan fingerprint density at radius 2 is 2.16 bits per heavy atom. The van der Waals surface area contributed by atoms with Crippen LogP contribution in [0.4, 0.5) is 0 Å². The molecule has 2 aromatic heterocycles. The number of methoxy groups -OCH3 is 1. The molecule has 162 valence electrons. The predicted molar refractivity (Wildman–Crippen MR) is 121 cm³/mol. The number of imidazole rings is 1. The van der Waals surface area contributed by atoms with E-state index in [1.165, 1.54) is 0 Å². The van der Waals surface area contributed by atoms with Crippen molar-refractivity contribution in [2.24, 2.45) is 0 Å². The van der Waals surface area contributed by atoms with Crippen molar-refractivity contribution < 1.29 is 14.9 Å². The van der Waals surface area contributed by atoms with E-state index in [1.807, 2.05) is 47.2 Å². The topological polar surface area (TPSA) is 107 Å². The number of aromatic amines is 1. The molecule has 3 N–H and O–H groups in total. The Kier molecular flexibility index (Phi) is 4.94. The number of hydrogen-bond acceptors (Lipinski definition) is 5. The summed E-state index contributed by atoms with van der Waals surface area (Å²) in [7, 11) is 1.54. The van der Waals surface area contributed by atoms with E-state index in [9.17, 15) is 15.5 Å². The third-order valence-electron chi connectivity index (χ3n) is 6.10. The quantitative estimate of drug-likeness (QED) is 0.440. The van der Waals surface area contributed by atoms with E-state index in [1.54, 1.807) is 13.2 Å². The summed E-state index contributed by atoms with van der Waals surface area (Å²) in [6.07, 6.45) is 2.18. The Morgan fingerprint density at radius 3 is 2.88 bits per heavy atom. The number of aliphatic hydroxyl groups is 2. The molecule has 2 aromatic carbocycles. The molecule has 32 heavy (non-hydrogen) atoms. The number of hydrogen-bond donors (Lipinski definition) is 3. The van der Waals surface area contributed by atoms with Gasteiger partial charge in [-0.05, 0) is 36.2 Å². The predicted octanol–water partition coefficient (Wildman–Crippen LogP) is 3.82. The van der Waals surface area contributed by atoms with Crippen LogP contribution in [0, 0.1) is 11.3 Å². The van der Waals surface area contributed by atoms with Gasteiger partial charge in [-0.3, -0.25) is 0 Å². The molecule has 4 aromatic rings. The molecule has 0 spiro atoms. The van der Waals surface area contributed by atoms with Crippen molar-refractivity contribution in [2.75, 3.05) is 13.7 Å². The minimum atomic E-state index is -1.28. The largest absolute Gasteiger partial charge is 0.495 e. The Hall–Kier alpha value is -3.31. The van der Waals surface area contributed by atoms with Crippen LogP contribution in [0.25, 0.3) is 22.3 Å². The highest BCUT2D eigenvalue weighted by Gasteiger charge is 2.40. The molecule has 0 amide bonds. The van der Waals surface area contributed by atoms with Crippen molar-refractivity contribution in [3.8, 4) is 23.2 Å². The van der Waals surface area contributed by atoms with Crippen molar-refractivity contribution in [3.05, 3.63) is 70.6 Å². The maximum Gasteiger partial charge on any atom is 0.146 e. The number of ether oxygens (including phenoxy) is 1. The number of nitrogens with zero attached hydrogens (tertiary/aromatic N) is 3. The van der Waals surface area contributed by atoms with E-state index >= 15 is 0 Å². The standard InChI is InChI=1S/C24H21ClN4O3/c1-32-22-14(10-26)6-7-19-16(22)8-20(27-19)21-11-29-12-24(31,13-30)9-17(23(29)28-21)15-4-2-3-5-18(15)25/h2-8,11,17,27,30-31H,9,12-13H2,1H3. The summed E-state index contributed by atoms with van der Waals surface area (Å²) in [6.45, 7) is -0.129. The summed E-state index contributed by atoms with van der Waals surface area (Å²) < 4.78 is 7.35. The molecule has 0 saturated heterocycles. The molecule has 0 aliphatic carbocycles. The Bertz CT molecular complexity index is 1370. The van der Waals surface area contributed by atoms with Gasteiger partial charge >= 0.3 is 0 Å². The van der Waals surface area contributed by atoms with Crippen LogP contribution in [0.1, 0.15) is 29.3 Å². The first kappa shape index (κ1) is 20.6. The molecule has 0 bridgehead atoms. The normalized spacial score (nSPS) is 20.2. The Morgan fingerprint density at radius 1 is 1.34 bits per heavy atom. The second-order valence-corrected chi connectivity index (χ2v) is 8.58. The summed E-state index contributed by atoms with van der Waals surface area (Å²) >= 11 is 6.47. The summed E-state index contributed by atoms with van der Waals surface area (Å²) in [5, 5.41) is 31.6. The maximum atomic E-state index is 11.0. The van der Waals surface area contributed by atoms with Gasteiger partial charge < -0.3 is 24.5 Å². The smallest absolute Gasteiger partial charge is 0.146 e. The molecule has 7 nitrogen and oxygen atoms in total. The number of halogens is 1. The molecule has 0 fully saturated rings. The number of benzene rings is 2. The first-order chi connectivity index (χ1) is 15.5. The van der Waals surface area contributed by atoms with Crippen LogP contribution in [0.3, 0.4) is 0 Å². The third-order valence-corrected chi connectivity index (χ3v) is 6.44. The average molecular weight is 449 g/mol. The summed E-state index contributed by atoms with van der Waals surface area (Å²) in [5.74, 6) is 1.02. The fourth-order valence-corrected chi connectivity index (χ4v) is 4.83. The lowest BCUT2D eigenvalue weighted by Crippen LogP contribution is -2.44. The number of fused-ring (bicyclic) bond motifs is 2. The van der Waals surface area contributed by atoms with E-state index in [0.717, 1.165) is 28.0 Å². The highest BCUT2D eigenvalue weighted by Crippen LogP contribution is 2.41. The van der Waals surface area contributed by atoms with E-state index in [4.69, 9.17) is 21.3 Å². The number of aromatic nitrogens is 3. The zero-order chi connectivity index (χ0) is 22.5. The second kappa shape index (κ2) is 7.68. The van der Waals surface area contributed by atoms with Gasteiger partial charge in [0.05, 0.1) is 31.5 Å². The highest BCUT2D eigenvalue weighted by molar-refractivity contribution is 6.31. The second-order valence-electron chi connectivity index (χ2n) is 8.18. The van der Waals surface area contributed by atoms with Gasteiger partial charge in [0, 0.05) is 28.0 Å². The number of H-pyrrole nitrogens is 1. The van der Waals surface area contributed by atoms with E-state index < -0.39 is 5.60 Å². The molecule has 8 heteroatoms. The number of aliphatic hydroxyl groups excluding tert-OH is 1. The van der Waals surface area contributed by atoms with Crippen LogP contribution in [-0.2, 0) is 6.54 Å². The lowest BCUT2D eigenvalue weighted by molar-refractivity contribution is -0.0472. The van der Waals surface area contributed by atoms with Crippen LogP contribution >= 0.6 is 11.6 Å². The Balaban J connectivity index is 1.64. The summed E-state index contributed by atoms with van der Waals surface area (Å²) in [4.78, 5) is 8.23. The summed E-state index contributed by atoms with van der Waals surface area (Å²) in [5.41, 5.74) is 2.32. The van der Waals surface area contributed by atoms with Crippen molar-refractivity contribution >= 4 is 22.5 Å². The SMILES string of the molecule is COc1c(C#N)ccc2[nH]c(-c3cn4c(n3)C(c3ccccc3Cl)CC(O)(CO)C4)cc12. The molecule has 2 atom stereocenters. The van der Waals surface area contributed by atoms with Crippen molar-refractivity contribution in [1.82, 2.24) is 14.5 Å². The molecule has 5 rings (SSSR count). The van der Waals surface area contributed by atoms with Crippen LogP contribution < -0.4 is 4.74 Å². The van der Waals surface area contributed by atoms with Gasteiger partial charge in [0.25, 0.3) is 0 Å². The first-order valence-corrected chi connectivity index (χ1v) is 10.6. The van der Waals surface area contributed by atoms with Gasteiger partial charge in [0.2, 0.25) is 0 Å². The van der Waals surface area contributed by atoms with Gasteiger partial charge in [-0.15, -0.1) is 0 Å². The van der Waals surface area contributed by atoms with Gasteiger partial charge in [0.1, 0.15) is 28.9 Å². The molecule has 3 heterocycles. The fraction of sp³-hybridized carbons (Fsp3) is 0.250. The van der Waals surface area contributed by atoms with E-state index in [-0.39, 0.29) is 19.1 Å². The monoisotopic (exact) mass is 448 g/mol. The van der Waals surface area contributed by atoms with E-state index in [2.05, 4.69) is 11.1 Å². The molecule has 1 aliphatic heterocycles. The summed E-state index contributed by atoms with van der Waals surface area (Å²) in [6, 6.07) is 15.1. The van der Waals surface area contributed by atoms with Crippen LogP contribution in [0.15, 0.2) is 48.7 Å². The molecule has 0 radical (unpaired) electrons. The van der Waals surface area contributed by atoms with Crippen molar-refractivity contribution in [1.29, 1.82) is 5.26 Å². The molecular weight excluding hydrogens is 428 g/mol. The number of nitriles is 1. The minimum absolute atomic E-state index is 0.231. The first-order valence-electron chi connectivity index (χ1n) is 10.2. The number of nitrogens with one attached hydrogen (secondary N) is 1. The lowest BCUT2D eigenvalue weighted by atomic mass is 9.82. The zero-order valence-electron chi connectivity index (χ0n) is 17.3. The van der Waals surface area contributed by atoms with Gasteiger partial charge in [-0.1, -0.05) is 29.8 Å². The van der Waals surface area contributed by atoms with Crippen LogP contribution in [-0.4, -0.2) is 44.1 Å². The third kappa shape index (κ3) is 3.24. The lowest BCUT2D eigenvalue weighted by Gasteiger charge is -2.36. The highest BCUT2D eigenvalue weighted by atomic mass is 35.5. The maximum absolute atomic E-state index is 11.0. The van der Waals surface area contributed by atoms with Gasteiger partial charge in [-0.25, -0.2) is 4.98 Å². The van der Waals surface area contributed by atoms with Gasteiger partial charge in [-0.2, -0.15) is 5.26 Å².